The fourth-order valence-corrected chi connectivity index (χ4v) is 18.0. The molecule has 0 aromatic heterocycles. The standard InChI is InChI=1S/4C18H36O2S.2C4H9.2CH3.2Sn/c2*1-15(2)11-7-5-9-13-18(21,17(19)20)14-10-6-8-12-16(3)4;2*1-5-9-11-15(7-3)13-18(21,17(19)20)14-16(8-4)12-10-6-2;2*1-3-4-2;;;;/h4*15-16,21H,5-14H2,1-4H3,(H,19,20);2*1,3-4H2,2H3;2*1H3;;/q;;;;;;;;2*+2/p-4. The van der Waals surface area contributed by atoms with Gasteiger partial charge in [0, 0.05) is 0 Å². The van der Waals surface area contributed by atoms with E-state index in [1.54, 1.807) is 8.87 Å². The molecule has 0 rings (SSSR count). The van der Waals surface area contributed by atoms with E-state index < -0.39 is 42.9 Å². The van der Waals surface area contributed by atoms with Crippen LogP contribution < -0.4 is 20.4 Å². The summed E-state index contributed by atoms with van der Waals surface area (Å²) in [7, 11) is 0. The predicted octanol–water partition coefficient (Wildman–Crippen LogP) is 22.4. The van der Waals surface area contributed by atoms with Crippen molar-refractivity contribution in [2.45, 2.75) is 445 Å². The third-order valence-electron chi connectivity index (χ3n) is 19.1. The molecule has 0 bridgehead atoms. The quantitative estimate of drug-likeness (QED) is 0.0266. The Bertz CT molecular complexity index is 1510. The van der Waals surface area contributed by atoms with Gasteiger partial charge in [-0.1, -0.05) is 316 Å². The summed E-state index contributed by atoms with van der Waals surface area (Å²) in [6.07, 6.45) is 46.6. The van der Waals surface area contributed by atoms with Crippen molar-refractivity contribution in [1.29, 1.82) is 0 Å². The molecule has 0 spiro atoms. The maximum absolute atomic E-state index is 11.7. The van der Waals surface area contributed by atoms with Crippen LogP contribution in [-0.4, -0.2) is 85.1 Å². The number of rotatable bonds is 58. The zero-order valence-electron chi connectivity index (χ0n) is 67.2. The fourth-order valence-electron chi connectivity index (χ4n) is 12.2. The van der Waals surface area contributed by atoms with Crippen LogP contribution in [-0.2, 0) is 19.2 Å². The summed E-state index contributed by atoms with van der Waals surface area (Å²) in [5, 5.41) is 46.1. The zero-order chi connectivity index (χ0) is 74.9. The summed E-state index contributed by atoms with van der Waals surface area (Å²) in [6.45, 7) is 39.7. The molecule has 0 aromatic carbocycles. The van der Waals surface area contributed by atoms with Crippen LogP contribution in [0.15, 0.2) is 0 Å². The molecule has 14 heteroatoms. The number of hydrogen-bond acceptors (Lipinski definition) is 12. The first-order chi connectivity index (χ1) is 45.2. The molecule has 96 heavy (non-hydrogen) atoms. The van der Waals surface area contributed by atoms with Crippen LogP contribution in [0.3, 0.4) is 0 Å². The predicted molar refractivity (Wildman–Crippen MR) is 433 cm³/mol. The van der Waals surface area contributed by atoms with Gasteiger partial charge in [-0.25, -0.2) is 0 Å². The van der Waals surface area contributed by atoms with E-state index in [1.165, 1.54) is 103 Å². The first-order valence-corrected chi connectivity index (χ1v) is 51.8. The van der Waals surface area contributed by atoms with Gasteiger partial charge < -0.3 is 39.6 Å². The molecular formula is C82H164O8S4Sn2. The second kappa shape index (κ2) is 72.8. The van der Waals surface area contributed by atoms with E-state index in [9.17, 15) is 39.6 Å². The van der Waals surface area contributed by atoms with E-state index in [1.807, 2.05) is 0 Å². The van der Waals surface area contributed by atoms with Gasteiger partial charge in [0.05, 0.1) is 42.9 Å². The van der Waals surface area contributed by atoms with Gasteiger partial charge in [-0.15, -0.1) is 0 Å². The number of aliphatic carboxylic acids is 4. The number of carboxylic acid groups (broad SMARTS) is 4. The molecule has 0 heterocycles. The van der Waals surface area contributed by atoms with Gasteiger partial charge in [0.15, 0.2) is 0 Å². The molecule has 572 valence electrons. The van der Waals surface area contributed by atoms with Crippen molar-refractivity contribution in [3.63, 3.8) is 0 Å². The maximum atomic E-state index is 11.7. The van der Waals surface area contributed by atoms with Crippen molar-refractivity contribution in [1.82, 2.24) is 0 Å². The van der Waals surface area contributed by atoms with Crippen LogP contribution in [0.1, 0.15) is 407 Å². The first-order valence-electron chi connectivity index (χ1n) is 40.3. The number of hydrogen-bond donors (Lipinski definition) is 4. The fraction of sp³-hybridized carbons (Fsp3) is 0.951. The summed E-state index contributed by atoms with van der Waals surface area (Å²) in [6, 6.07) is 0. The van der Waals surface area contributed by atoms with E-state index >= 15 is 0 Å². The van der Waals surface area contributed by atoms with E-state index in [-0.39, 0.29) is 42.3 Å². The van der Waals surface area contributed by atoms with E-state index in [0.717, 1.165) is 152 Å². The number of unbranched alkanes of at least 4 members (excludes halogenated alkanes) is 14. The molecular weight excluding hydrogens is 1480 g/mol. The molecule has 0 amide bonds. The summed E-state index contributed by atoms with van der Waals surface area (Å²) in [5.74, 6) is 0.783. The Labute approximate surface area is 642 Å². The van der Waals surface area contributed by atoms with Crippen molar-refractivity contribution < 1.29 is 39.6 Å². The van der Waals surface area contributed by atoms with Crippen molar-refractivity contribution in [2.24, 2.45) is 47.3 Å². The van der Waals surface area contributed by atoms with Gasteiger partial charge in [0.2, 0.25) is 0 Å². The Kier molecular flexibility index (Phi) is 81.8. The number of carbonyl (C=O) groups is 4. The summed E-state index contributed by atoms with van der Waals surface area (Å²) >= 11 is 18.4. The molecule has 0 fully saturated rings. The van der Waals surface area contributed by atoms with Gasteiger partial charge in [0.1, 0.15) is 0 Å². The molecule has 0 aromatic rings. The molecule has 8 nitrogen and oxygen atoms in total. The van der Waals surface area contributed by atoms with Gasteiger partial charge >= 0.3 is 101 Å². The Hall–Kier alpha value is 0.877. The number of thiol groups is 4. The van der Waals surface area contributed by atoms with E-state index in [4.69, 9.17) is 0 Å². The van der Waals surface area contributed by atoms with E-state index in [0.29, 0.717) is 75.0 Å². The van der Waals surface area contributed by atoms with Gasteiger partial charge in [0.25, 0.3) is 0 Å². The summed E-state index contributed by atoms with van der Waals surface area (Å²) in [5.41, 5.74) is 0. The third-order valence-corrected chi connectivity index (χ3v) is 25.5. The SMILES string of the molecule is CC(C)CCCCCC(S)(CCCCCC(C)C)C(=O)[O-].CC(C)CCCCCC(S)(CCCCCC(C)C)C(=O)[O-].CCCCC(CC)CC(S)(CC(CC)CCCC)C(=O)[O-].CCCCC(CC)CC(S)(CC(CC)CCCC)C(=O)[O-].CCC[CH2][Sn+2][CH2]CCC.[CH3][Sn+2][CH3]. The van der Waals surface area contributed by atoms with Crippen LogP contribution in [0.5, 0.6) is 0 Å². The van der Waals surface area contributed by atoms with Gasteiger partial charge in [-0.2, -0.15) is 50.5 Å². The second-order valence-corrected chi connectivity index (χ2v) is 41.2. The molecule has 4 atom stereocenters. The van der Waals surface area contributed by atoms with Crippen molar-refractivity contribution in [3.8, 4) is 0 Å². The molecule has 0 aliphatic carbocycles. The Morgan fingerprint density at radius 1 is 0.292 bits per heavy atom. The van der Waals surface area contributed by atoms with E-state index in [2.05, 4.69) is 185 Å². The molecule has 0 radical (unpaired) electrons. The normalized spacial score (nSPS) is 13.9. The van der Waals surface area contributed by atoms with Crippen LogP contribution >= 0.6 is 50.5 Å². The van der Waals surface area contributed by atoms with Crippen LogP contribution in [0, 0.1) is 47.3 Å². The molecule has 0 N–H and O–H groups in total. The monoisotopic (exact) mass is 1640 g/mol. The molecule has 0 saturated heterocycles. The molecule has 0 aliphatic heterocycles. The minimum absolute atomic E-state index is 0.149. The topological polar surface area (TPSA) is 161 Å². The third kappa shape index (κ3) is 68.0. The van der Waals surface area contributed by atoms with Gasteiger partial charge in [-0.05, 0) is 98.7 Å². The second-order valence-electron chi connectivity index (χ2n) is 30.7. The van der Waals surface area contributed by atoms with Crippen LogP contribution in [0.4, 0.5) is 0 Å². The average molecular weight is 1640 g/mol. The Balaban J connectivity index is -0.000000266. The Morgan fingerprint density at radius 3 is 0.625 bits per heavy atom. The minimum atomic E-state index is -0.987. The first kappa shape index (κ1) is 108. The summed E-state index contributed by atoms with van der Waals surface area (Å²) in [4.78, 5) is 50.7. The number of carboxylic acids is 4. The van der Waals surface area contributed by atoms with Crippen molar-refractivity contribution in [3.05, 3.63) is 0 Å². The molecule has 0 aliphatic rings. The molecule has 4 unspecified atom stereocenters. The zero-order valence-corrected chi connectivity index (χ0v) is 76.5. The Morgan fingerprint density at radius 2 is 0.479 bits per heavy atom. The number of carbonyl (C=O) groups excluding carboxylic acids is 4. The average Bonchev–Trinajstić information content (AvgIpc) is 0.870. The van der Waals surface area contributed by atoms with Crippen LogP contribution in [0.25, 0.3) is 0 Å². The van der Waals surface area contributed by atoms with Crippen molar-refractivity contribution in [2.75, 3.05) is 0 Å². The summed E-state index contributed by atoms with van der Waals surface area (Å²) < 4.78 is -0.503. The van der Waals surface area contributed by atoms with Crippen molar-refractivity contribution >= 4 is 117 Å². The van der Waals surface area contributed by atoms with Gasteiger partial charge in [-0.3, -0.25) is 0 Å². The molecule has 0 saturated carbocycles. The van der Waals surface area contributed by atoms with Crippen LogP contribution in [0.2, 0.25) is 18.8 Å².